The second-order valence-electron chi connectivity index (χ2n) is 8.12. The minimum absolute atomic E-state index is 0. The van der Waals surface area contributed by atoms with Gasteiger partial charge in [0, 0.05) is 36.1 Å². The molecule has 1 N–H and O–H groups in total. The zero-order valence-corrected chi connectivity index (χ0v) is 18.6. The zero-order valence-electron chi connectivity index (χ0n) is 17.0. The lowest BCUT2D eigenvalue weighted by atomic mass is 9.97. The molecule has 2 atom stereocenters. The van der Waals surface area contributed by atoms with E-state index in [2.05, 4.69) is 5.32 Å². The number of rotatable bonds is 3. The SMILES string of the molecule is CN(C(=O)c1cc(-c2ccccc2)nc2ccccc12)C1CC2CCC(C1)N2.Cl.Cl. The Morgan fingerprint density at radius 1 is 0.967 bits per heavy atom. The second-order valence-corrected chi connectivity index (χ2v) is 8.12. The lowest BCUT2D eigenvalue weighted by Gasteiger charge is -2.35. The molecule has 30 heavy (non-hydrogen) atoms. The van der Waals surface area contributed by atoms with Crippen molar-refractivity contribution in [2.24, 2.45) is 0 Å². The molecule has 2 unspecified atom stereocenters. The summed E-state index contributed by atoms with van der Waals surface area (Å²) in [5, 5.41) is 4.59. The van der Waals surface area contributed by atoms with Crippen molar-refractivity contribution >= 4 is 41.6 Å². The van der Waals surface area contributed by atoms with Crippen LogP contribution >= 0.6 is 24.8 Å². The van der Waals surface area contributed by atoms with E-state index in [1.54, 1.807) is 0 Å². The molecule has 0 radical (unpaired) electrons. The molecule has 2 aliphatic rings. The summed E-state index contributed by atoms with van der Waals surface area (Å²) < 4.78 is 0. The second kappa shape index (κ2) is 9.34. The maximum absolute atomic E-state index is 13.6. The zero-order chi connectivity index (χ0) is 19.1. The number of para-hydroxylation sites is 1. The summed E-state index contributed by atoms with van der Waals surface area (Å²) in [6, 6.07) is 21.4. The summed E-state index contributed by atoms with van der Waals surface area (Å²) in [6.07, 6.45) is 4.57. The van der Waals surface area contributed by atoms with E-state index in [0.29, 0.717) is 18.1 Å². The van der Waals surface area contributed by atoms with Crippen LogP contribution in [0.25, 0.3) is 22.2 Å². The van der Waals surface area contributed by atoms with Crippen LogP contribution in [0.15, 0.2) is 60.7 Å². The van der Waals surface area contributed by atoms with Crippen LogP contribution in [0, 0.1) is 0 Å². The molecular weight excluding hydrogens is 417 g/mol. The van der Waals surface area contributed by atoms with Gasteiger partial charge in [-0.2, -0.15) is 0 Å². The van der Waals surface area contributed by atoms with Crippen LogP contribution in [-0.4, -0.2) is 41.0 Å². The van der Waals surface area contributed by atoms with Gasteiger partial charge < -0.3 is 10.2 Å². The van der Waals surface area contributed by atoms with Gasteiger partial charge in [0.15, 0.2) is 0 Å². The van der Waals surface area contributed by atoms with Gasteiger partial charge in [0.1, 0.15) is 0 Å². The predicted octanol–water partition coefficient (Wildman–Crippen LogP) is 5.10. The first-order valence-corrected chi connectivity index (χ1v) is 10.2. The lowest BCUT2D eigenvalue weighted by molar-refractivity contribution is 0.0683. The number of fused-ring (bicyclic) bond motifs is 3. The molecule has 2 aliphatic heterocycles. The number of nitrogens with one attached hydrogen (secondary N) is 1. The number of amides is 1. The highest BCUT2D eigenvalue weighted by Gasteiger charge is 2.36. The third kappa shape index (κ3) is 4.18. The molecule has 3 heterocycles. The molecule has 3 aromatic rings. The fourth-order valence-electron chi connectivity index (χ4n) is 4.81. The maximum Gasteiger partial charge on any atom is 0.254 e. The Morgan fingerprint density at radius 3 is 2.30 bits per heavy atom. The number of aromatic nitrogens is 1. The van der Waals surface area contributed by atoms with Crippen LogP contribution in [0.5, 0.6) is 0 Å². The summed E-state index contributed by atoms with van der Waals surface area (Å²) in [5.74, 6) is 0.0991. The Morgan fingerprint density at radius 2 is 1.60 bits per heavy atom. The van der Waals surface area contributed by atoms with Gasteiger partial charge >= 0.3 is 0 Å². The van der Waals surface area contributed by atoms with E-state index in [1.807, 2.05) is 72.6 Å². The summed E-state index contributed by atoms with van der Waals surface area (Å²) in [5.41, 5.74) is 3.50. The molecule has 2 bridgehead atoms. The third-order valence-electron chi connectivity index (χ3n) is 6.33. The first-order chi connectivity index (χ1) is 13.7. The highest BCUT2D eigenvalue weighted by molar-refractivity contribution is 6.07. The first kappa shape index (κ1) is 22.5. The molecule has 1 aromatic heterocycles. The van der Waals surface area contributed by atoms with Gasteiger partial charge in [0.05, 0.1) is 16.8 Å². The number of pyridine rings is 1. The standard InChI is InChI=1S/C24H25N3O.2ClH/c1-27(19-13-17-11-12-18(14-19)25-17)24(28)21-15-23(16-7-3-2-4-8-16)26-22-10-6-5-9-20(21)22;;/h2-10,15,17-19,25H,11-14H2,1H3;2*1H. The molecule has 4 nitrogen and oxygen atoms in total. The molecule has 2 aromatic carbocycles. The number of nitrogens with zero attached hydrogens (tertiary/aromatic N) is 2. The number of benzene rings is 2. The normalized spacial score (nSPS) is 22.1. The minimum Gasteiger partial charge on any atom is -0.339 e. The fraction of sp³-hybridized carbons (Fsp3) is 0.333. The first-order valence-electron chi connectivity index (χ1n) is 10.2. The van der Waals surface area contributed by atoms with Crippen molar-refractivity contribution in [1.82, 2.24) is 15.2 Å². The van der Waals surface area contributed by atoms with Crippen LogP contribution in [-0.2, 0) is 0 Å². The van der Waals surface area contributed by atoms with Gasteiger partial charge in [-0.3, -0.25) is 4.79 Å². The highest BCUT2D eigenvalue weighted by atomic mass is 35.5. The van der Waals surface area contributed by atoms with Gasteiger partial charge in [-0.15, -0.1) is 24.8 Å². The van der Waals surface area contributed by atoms with Crippen molar-refractivity contribution in [3.63, 3.8) is 0 Å². The molecule has 0 saturated carbocycles. The van der Waals surface area contributed by atoms with Crippen LogP contribution in [0.3, 0.4) is 0 Å². The molecule has 158 valence electrons. The Hall–Kier alpha value is -2.14. The Labute approximate surface area is 189 Å². The van der Waals surface area contributed by atoms with E-state index in [0.717, 1.165) is 40.6 Å². The molecular formula is C24H27Cl2N3O. The summed E-state index contributed by atoms with van der Waals surface area (Å²) in [4.78, 5) is 20.3. The number of hydrogen-bond acceptors (Lipinski definition) is 3. The number of piperidine rings is 1. The van der Waals surface area contributed by atoms with Crippen molar-refractivity contribution in [3.8, 4) is 11.3 Å². The minimum atomic E-state index is 0. The third-order valence-corrected chi connectivity index (χ3v) is 6.33. The van der Waals surface area contributed by atoms with Gasteiger partial charge in [-0.1, -0.05) is 48.5 Å². The van der Waals surface area contributed by atoms with E-state index in [-0.39, 0.29) is 30.7 Å². The average Bonchev–Trinajstić information content (AvgIpc) is 3.10. The van der Waals surface area contributed by atoms with Crippen LogP contribution in [0.1, 0.15) is 36.0 Å². The van der Waals surface area contributed by atoms with Crippen molar-refractivity contribution in [1.29, 1.82) is 0 Å². The van der Waals surface area contributed by atoms with E-state index < -0.39 is 0 Å². The maximum atomic E-state index is 13.6. The summed E-state index contributed by atoms with van der Waals surface area (Å²) >= 11 is 0. The van der Waals surface area contributed by atoms with Gasteiger partial charge in [0.25, 0.3) is 5.91 Å². The van der Waals surface area contributed by atoms with Crippen molar-refractivity contribution in [2.45, 2.75) is 43.8 Å². The number of carbonyl (C=O) groups is 1. The van der Waals surface area contributed by atoms with Gasteiger partial charge in [-0.05, 0) is 37.8 Å². The quantitative estimate of drug-likeness (QED) is 0.612. The highest BCUT2D eigenvalue weighted by Crippen LogP contribution is 2.31. The average molecular weight is 444 g/mol. The van der Waals surface area contributed by atoms with Gasteiger partial charge in [-0.25, -0.2) is 4.98 Å². The van der Waals surface area contributed by atoms with Crippen LogP contribution in [0.4, 0.5) is 0 Å². The monoisotopic (exact) mass is 443 g/mol. The number of hydrogen-bond donors (Lipinski definition) is 1. The Bertz CT molecular complexity index is 1020. The van der Waals surface area contributed by atoms with Crippen molar-refractivity contribution < 1.29 is 4.79 Å². The van der Waals surface area contributed by atoms with Crippen molar-refractivity contribution in [2.75, 3.05) is 7.05 Å². The Balaban J connectivity index is 0.00000128. The van der Waals surface area contributed by atoms with E-state index in [4.69, 9.17) is 4.98 Å². The van der Waals surface area contributed by atoms with E-state index in [1.165, 1.54) is 12.8 Å². The number of halogens is 2. The molecule has 2 fully saturated rings. The van der Waals surface area contributed by atoms with Crippen LogP contribution in [0.2, 0.25) is 0 Å². The predicted molar refractivity (Wildman–Crippen MR) is 127 cm³/mol. The molecule has 6 heteroatoms. The van der Waals surface area contributed by atoms with Crippen LogP contribution < -0.4 is 5.32 Å². The molecule has 5 rings (SSSR count). The van der Waals surface area contributed by atoms with E-state index >= 15 is 0 Å². The van der Waals surface area contributed by atoms with Gasteiger partial charge in [0.2, 0.25) is 0 Å². The molecule has 2 saturated heterocycles. The summed E-state index contributed by atoms with van der Waals surface area (Å²) in [7, 11) is 1.97. The largest absolute Gasteiger partial charge is 0.339 e. The smallest absolute Gasteiger partial charge is 0.254 e. The molecule has 1 amide bonds. The summed E-state index contributed by atoms with van der Waals surface area (Å²) in [6.45, 7) is 0. The topological polar surface area (TPSA) is 45.2 Å². The Kier molecular flexibility index (Phi) is 7.02. The lowest BCUT2D eigenvalue weighted by Crippen LogP contribution is -2.48. The number of carbonyl (C=O) groups excluding carboxylic acids is 1. The molecule has 0 spiro atoms. The molecule has 0 aliphatic carbocycles. The fourth-order valence-corrected chi connectivity index (χ4v) is 4.81. The van der Waals surface area contributed by atoms with Crippen molar-refractivity contribution in [3.05, 3.63) is 66.2 Å². The van der Waals surface area contributed by atoms with E-state index in [9.17, 15) is 4.79 Å².